The van der Waals surface area contributed by atoms with Crippen molar-refractivity contribution in [3.05, 3.63) is 0 Å². The molecule has 1 unspecified atom stereocenters. The van der Waals surface area contributed by atoms with Crippen molar-refractivity contribution in [2.75, 3.05) is 12.3 Å². The highest BCUT2D eigenvalue weighted by Gasteiger charge is 2.38. The Morgan fingerprint density at radius 1 is 1.56 bits per heavy atom. The van der Waals surface area contributed by atoms with Crippen LogP contribution in [0, 0.1) is 0 Å². The number of hydrogen-bond acceptors (Lipinski definition) is 7. The molecule has 0 aromatic carbocycles. The van der Waals surface area contributed by atoms with Crippen LogP contribution in [0.3, 0.4) is 0 Å². The van der Waals surface area contributed by atoms with Gasteiger partial charge >= 0.3 is 0 Å². The average Bonchev–Trinajstić information content (AvgIpc) is 2.74. The fraction of sp³-hybridized carbons (Fsp3) is 0.500. The van der Waals surface area contributed by atoms with Gasteiger partial charge in [0.15, 0.2) is 4.34 Å². The first kappa shape index (κ1) is 11.3. The second kappa shape index (κ2) is 4.38. The summed E-state index contributed by atoms with van der Waals surface area (Å²) in [5, 5.41) is 7.46. The molecule has 1 aliphatic rings. The summed E-state index contributed by atoms with van der Waals surface area (Å²) in [5.74, 6) is -0.270. The molecule has 0 radical (unpaired) electrons. The lowest BCUT2D eigenvalue weighted by Gasteiger charge is -2.10. The highest BCUT2D eigenvalue weighted by Crippen LogP contribution is 2.33. The van der Waals surface area contributed by atoms with Gasteiger partial charge in [-0.15, -0.1) is 10.2 Å². The van der Waals surface area contributed by atoms with Crippen molar-refractivity contribution >= 4 is 40.0 Å². The number of carbonyl (C=O) groups is 2. The largest absolute Gasteiger partial charge is 0.374 e. The number of aromatic nitrogens is 2. The van der Waals surface area contributed by atoms with Crippen molar-refractivity contribution < 1.29 is 9.59 Å². The summed E-state index contributed by atoms with van der Waals surface area (Å²) in [6.45, 7) is 2.21. The monoisotopic (exact) mass is 258 g/mol. The maximum Gasteiger partial charge on any atom is 0.243 e. The van der Waals surface area contributed by atoms with Crippen LogP contribution in [-0.2, 0) is 9.59 Å². The molecule has 2 heterocycles. The van der Waals surface area contributed by atoms with Crippen LogP contribution in [0.1, 0.15) is 13.3 Å². The van der Waals surface area contributed by atoms with Crippen LogP contribution >= 0.6 is 23.1 Å². The van der Waals surface area contributed by atoms with Gasteiger partial charge in [-0.25, -0.2) is 0 Å². The smallest absolute Gasteiger partial charge is 0.243 e. The third-order valence-corrected chi connectivity index (χ3v) is 4.21. The summed E-state index contributed by atoms with van der Waals surface area (Å²) >= 11 is 2.48. The van der Waals surface area contributed by atoms with Crippen LogP contribution in [0.25, 0.3) is 0 Å². The number of likely N-dealkylation sites (tertiary alicyclic amines) is 1. The summed E-state index contributed by atoms with van der Waals surface area (Å²) < 4.78 is 0.626. The zero-order chi connectivity index (χ0) is 11.7. The van der Waals surface area contributed by atoms with Crippen molar-refractivity contribution in [1.29, 1.82) is 0 Å². The van der Waals surface area contributed by atoms with Gasteiger partial charge in [-0.2, -0.15) is 0 Å². The third-order valence-electron chi connectivity index (χ3n) is 2.18. The highest BCUT2D eigenvalue weighted by atomic mass is 32.2. The van der Waals surface area contributed by atoms with E-state index in [9.17, 15) is 9.59 Å². The van der Waals surface area contributed by atoms with Crippen LogP contribution in [0.2, 0.25) is 0 Å². The first-order valence-electron chi connectivity index (χ1n) is 4.71. The number of rotatable bonds is 3. The minimum absolute atomic E-state index is 0.123. The molecular weight excluding hydrogens is 248 g/mol. The number of imide groups is 1. The zero-order valence-electron chi connectivity index (χ0n) is 8.54. The highest BCUT2D eigenvalue weighted by molar-refractivity contribution is 8.02. The van der Waals surface area contributed by atoms with E-state index in [0.717, 1.165) is 0 Å². The summed E-state index contributed by atoms with van der Waals surface area (Å²) in [6, 6.07) is 0. The fourth-order valence-electron chi connectivity index (χ4n) is 1.47. The molecule has 8 heteroatoms. The molecule has 1 saturated heterocycles. The Bertz CT molecular complexity index is 433. The molecule has 16 heavy (non-hydrogen) atoms. The van der Waals surface area contributed by atoms with Crippen LogP contribution in [0.15, 0.2) is 4.34 Å². The van der Waals surface area contributed by atoms with Gasteiger partial charge < -0.3 is 5.73 Å². The van der Waals surface area contributed by atoms with E-state index in [-0.39, 0.29) is 23.5 Å². The number of thioether (sulfide) groups is 1. The van der Waals surface area contributed by atoms with E-state index < -0.39 is 0 Å². The third kappa shape index (κ3) is 2.03. The number of carbonyl (C=O) groups excluding carboxylic acids is 2. The Morgan fingerprint density at radius 3 is 2.81 bits per heavy atom. The maximum absolute atomic E-state index is 11.8. The van der Waals surface area contributed by atoms with Gasteiger partial charge in [0.2, 0.25) is 16.9 Å². The Labute approximate surface area is 100 Å². The van der Waals surface area contributed by atoms with Crippen LogP contribution in [-0.4, -0.2) is 38.7 Å². The second-order valence-electron chi connectivity index (χ2n) is 3.19. The van der Waals surface area contributed by atoms with E-state index in [1.54, 1.807) is 6.92 Å². The first-order chi connectivity index (χ1) is 7.61. The van der Waals surface area contributed by atoms with Crippen LogP contribution in [0.4, 0.5) is 5.13 Å². The zero-order valence-corrected chi connectivity index (χ0v) is 10.2. The Hall–Kier alpha value is -1.15. The lowest BCUT2D eigenvalue weighted by Crippen LogP contribution is -2.30. The fourth-order valence-corrected chi connectivity index (χ4v) is 3.39. The number of nitrogens with zero attached hydrogens (tertiary/aromatic N) is 3. The van der Waals surface area contributed by atoms with E-state index in [2.05, 4.69) is 10.2 Å². The number of hydrogen-bond donors (Lipinski definition) is 1. The van der Waals surface area contributed by atoms with Gasteiger partial charge in [0, 0.05) is 13.0 Å². The van der Waals surface area contributed by atoms with E-state index in [1.807, 2.05) is 0 Å². The van der Waals surface area contributed by atoms with Gasteiger partial charge in [0.25, 0.3) is 0 Å². The Balaban J connectivity index is 2.07. The maximum atomic E-state index is 11.8. The van der Waals surface area contributed by atoms with Gasteiger partial charge in [-0.05, 0) is 6.92 Å². The molecule has 0 spiro atoms. The molecular formula is C8H10N4O2S2. The standard InChI is InChI=1S/C8H10N4O2S2/c1-2-12-5(13)3-4(6(12)14)15-8-11-10-7(9)16-8/h4H,2-3H2,1H3,(H2,9,10). The van der Waals surface area contributed by atoms with E-state index in [1.165, 1.54) is 28.0 Å². The van der Waals surface area contributed by atoms with Crippen molar-refractivity contribution in [1.82, 2.24) is 15.1 Å². The summed E-state index contributed by atoms with van der Waals surface area (Å²) in [6.07, 6.45) is 0.233. The van der Waals surface area contributed by atoms with Gasteiger partial charge in [0.05, 0.1) is 5.25 Å². The van der Waals surface area contributed by atoms with Gasteiger partial charge in [0.1, 0.15) is 0 Å². The van der Waals surface area contributed by atoms with Crippen molar-refractivity contribution in [2.24, 2.45) is 0 Å². The minimum Gasteiger partial charge on any atom is -0.374 e. The van der Waals surface area contributed by atoms with Crippen LogP contribution < -0.4 is 5.73 Å². The Morgan fingerprint density at radius 2 is 2.31 bits per heavy atom. The van der Waals surface area contributed by atoms with E-state index in [0.29, 0.717) is 16.0 Å². The number of nitrogen functional groups attached to an aromatic ring is 1. The summed E-state index contributed by atoms with van der Waals surface area (Å²) in [5.41, 5.74) is 5.44. The van der Waals surface area contributed by atoms with Gasteiger partial charge in [-0.3, -0.25) is 14.5 Å². The molecule has 0 bridgehead atoms. The van der Waals surface area contributed by atoms with Crippen LogP contribution in [0.5, 0.6) is 0 Å². The lowest BCUT2D eigenvalue weighted by atomic mass is 10.4. The minimum atomic E-state index is -0.375. The van der Waals surface area contributed by atoms with E-state index >= 15 is 0 Å². The lowest BCUT2D eigenvalue weighted by molar-refractivity contribution is -0.137. The predicted octanol–water partition coefficient (Wildman–Crippen LogP) is 0.360. The van der Waals surface area contributed by atoms with Gasteiger partial charge in [-0.1, -0.05) is 23.1 Å². The normalized spacial score (nSPS) is 20.8. The quantitative estimate of drug-likeness (QED) is 0.787. The molecule has 1 aromatic heterocycles. The number of amides is 2. The molecule has 2 amide bonds. The molecule has 2 rings (SSSR count). The molecule has 6 nitrogen and oxygen atoms in total. The van der Waals surface area contributed by atoms with Crippen molar-refractivity contribution in [3.8, 4) is 0 Å². The molecule has 2 N–H and O–H groups in total. The SMILES string of the molecule is CCN1C(=O)CC(Sc2nnc(N)s2)C1=O. The Kier molecular flexibility index (Phi) is 3.10. The average molecular weight is 258 g/mol. The summed E-state index contributed by atoms with van der Waals surface area (Å²) in [4.78, 5) is 24.5. The number of anilines is 1. The molecule has 1 atom stereocenters. The second-order valence-corrected chi connectivity index (χ2v) is 5.65. The molecule has 0 aliphatic carbocycles. The van der Waals surface area contributed by atoms with Crippen molar-refractivity contribution in [3.63, 3.8) is 0 Å². The van der Waals surface area contributed by atoms with E-state index in [4.69, 9.17) is 5.73 Å². The molecule has 1 aliphatic heterocycles. The molecule has 1 aromatic rings. The number of nitrogens with two attached hydrogens (primary N) is 1. The van der Waals surface area contributed by atoms with Crippen molar-refractivity contribution in [2.45, 2.75) is 22.9 Å². The molecule has 86 valence electrons. The molecule has 1 fully saturated rings. The topological polar surface area (TPSA) is 89.2 Å². The predicted molar refractivity (Wildman–Crippen MR) is 61.0 cm³/mol. The first-order valence-corrected chi connectivity index (χ1v) is 6.41. The summed E-state index contributed by atoms with van der Waals surface area (Å²) in [7, 11) is 0. The molecule has 0 saturated carbocycles.